The van der Waals surface area contributed by atoms with Crippen LogP contribution in [0.5, 0.6) is 5.75 Å². The molecule has 0 fully saturated rings. The molecule has 0 saturated carbocycles. The highest BCUT2D eigenvalue weighted by Crippen LogP contribution is 2.29. The maximum absolute atomic E-state index is 11.9. The molecule has 0 radical (unpaired) electrons. The van der Waals surface area contributed by atoms with E-state index in [0.717, 1.165) is 11.3 Å². The van der Waals surface area contributed by atoms with Gasteiger partial charge in [0.2, 0.25) is 0 Å². The largest absolute Gasteiger partial charge is 0.496 e. The molecule has 1 rings (SSSR count). The van der Waals surface area contributed by atoms with Gasteiger partial charge in [-0.1, -0.05) is 13.8 Å². The first-order valence-corrected chi connectivity index (χ1v) is 5.73. The van der Waals surface area contributed by atoms with Crippen LogP contribution >= 0.6 is 0 Å². The summed E-state index contributed by atoms with van der Waals surface area (Å²) in [6.45, 7) is 5.77. The van der Waals surface area contributed by atoms with Crippen LogP contribution in [0.25, 0.3) is 0 Å². The molecule has 0 amide bonds. The first-order chi connectivity index (χ1) is 8.42. The van der Waals surface area contributed by atoms with Gasteiger partial charge >= 0.3 is 5.97 Å². The van der Waals surface area contributed by atoms with Crippen molar-refractivity contribution >= 4 is 11.8 Å². The van der Waals surface area contributed by atoms with Crippen molar-refractivity contribution in [3.8, 4) is 5.75 Å². The molecule has 0 aliphatic rings. The van der Waals surface area contributed by atoms with Crippen LogP contribution in [0.4, 0.5) is 0 Å². The third-order valence-corrected chi connectivity index (χ3v) is 2.81. The Kier molecular flexibility index (Phi) is 4.48. The molecule has 1 aromatic rings. The number of ketones is 1. The van der Waals surface area contributed by atoms with Crippen molar-refractivity contribution < 1.29 is 19.1 Å². The van der Waals surface area contributed by atoms with E-state index in [1.165, 1.54) is 7.11 Å². The van der Waals surface area contributed by atoms with Gasteiger partial charge in [-0.2, -0.15) is 0 Å². The fraction of sp³-hybridized carbons (Fsp3) is 0.429. The monoisotopic (exact) mass is 250 g/mol. The second-order valence-corrected chi connectivity index (χ2v) is 4.38. The second kappa shape index (κ2) is 5.67. The lowest BCUT2D eigenvalue weighted by molar-refractivity contribution is -0.135. The number of aryl methyl sites for hydroxylation is 1. The number of methoxy groups -OCH3 is 2. The number of rotatable bonds is 4. The van der Waals surface area contributed by atoms with Crippen molar-refractivity contribution in [2.45, 2.75) is 26.7 Å². The Balaban J connectivity index is 3.34. The molecular formula is C14H18O4. The summed E-state index contributed by atoms with van der Waals surface area (Å²) in [5, 5.41) is 0. The molecule has 0 atom stereocenters. The van der Waals surface area contributed by atoms with Gasteiger partial charge in [0, 0.05) is 5.56 Å². The Labute approximate surface area is 107 Å². The summed E-state index contributed by atoms with van der Waals surface area (Å²) < 4.78 is 9.74. The van der Waals surface area contributed by atoms with Crippen LogP contribution in [0.3, 0.4) is 0 Å². The molecule has 98 valence electrons. The topological polar surface area (TPSA) is 52.6 Å². The summed E-state index contributed by atoms with van der Waals surface area (Å²) in [5.41, 5.74) is 1.97. The first-order valence-electron chi connectivity index (χ1n) is 5.73. The van der Waals surface area contributed by atoms with E-state index in [9.17, 15) is 9.59 Å². The molecule has 1 aromatic carbocycles. The highest BCUT2D eigenvalue weighted by atomic mass is 16.5. The normalized spacial score (nSPS) is 10.3. The van der Waals surface area contributed by atoms with E-state index in [-0.39, 0.29) is 5.92 Å². The second-order valence-electron chi connectivity index (χ2n) is 4.38. The number of ether oxygens (including phenoxy) is 2. The van der Waals surface area contributed by atoms with Crippen LogP contribution in [0.1, 0.15) is 41.3 Å². The molecule has 0 bridgehead atoms. The maximum Gasteiger partial charge on any atom is 0.379 e. The summed E-state index contributed by atoms with van der Waals surface area (Å²) >= 11 is 0. The van der Waals surface area contributed by atoms with E-state index < -0.39 is 11.8 Å². The van der Waals surface area contributed by atoms with Crippen molar-refractivity contribution in [3.05, 3.63) is 28.8 Å². The highest BCUT2D eigenvalue weighted by molar-refractivity contribution is 6.41. The standard InChI is InChI=1S/C14H18O4/c1-8(2)10-7-11(13(15)14(16)18-5)9(3)6-12(10)17-4/h6-8H,1-5H3. The number of hydrogen-bond acceptors (Lipinski definition) is 4. The van der Waals surface area contributed by atoms with E-state index in [1.54, 1.807) is 26.2 Å². The number of benzene rings is 1. The van der Waals surface area contributed by atoms with E-state index in [0.29, 0.717) is 11.1 Å². The lowest BCUT2D eigenvalue weighted by Gasteiger charge is -2.15. The van der Waals surface area contributed by atoms with Crippen LogP contribution in [0.15, 0.2) is 12.1 Å². The summed E-state index contributed by atoms with van der Waals surface area (Å²) in [5.74, 6) is -0.550. The van der Waals surface area contributed by atoms with E-state index >= 15 is 0 Å². The zero-order valence-corrected chi connectivity index (χ0v) is 11.4. The molecule has 4 heteroatoms. The van der Waals surface area contributed by atoms with Gasteiger partial charge in [-0.05, 0) is 36.1 Å². The minimum absolute atomic E-state index is 0.199. The van der Waals surface area contributed by atoms with Crippen molar-refractivity contribution in [1.29, 1.82) is 0 Å². The molecule has 0 aromatic heterocycles. The smallest absolute Gasteiger partial charge is 0.379 e. The van der Waals surface area contributed by atoms with Gasteiger partial charge in [-0.3, -0.25) is 4.79 Å². The molecule has 0 spiro atoms. The van der Waals surface area contributed by atoms with Gasteiger partial charge in [-0.25, -0.2) is 4.79 Å². The molecule has 4 nitrogen and oxygen atoms in total. The molecule has 0 N–H and O–H groups in total. The van der Waals surface area contributed by atoms with Crippen molar-refractivity contribution in [1.82, 2.24) is 0 Å². The average molecular weight is 250 g/mol. The average Bonchev–Trinajstić information content (AvgIpc) is 2.36. The van der Waals surface area contributed by atoms with Crippen LogP contribution < -0.4 is 4.74 Å². The minimum atomic E-state index is -0.849. The van der Waals surface area contributed by atoms with Crippen LogP contribution in [-0.4, -0.2) is 26.0 Å². The Morgan fingerprint density at radius 2 is 1.78 bits per heavy atom. The minimum Gasteiger partial charge on any atom is -0.496 e. The Hall–Kier alpha value is -1.84. The van der Waals surface area contributed by atoms with Crippen molar-refractivity contribution in [2.24, 2.45) is 0 Å². The third-order valence-electron chi connectivity index (χ3n) is 2.81. The van der Waals surface area contributed by atoms with Crippen LogP contribution in [-0.2, 0) is 9.53 Å². The Morgan fingerprint density at radius 1 is 1.17 bits per heavy atom. The molecule has 0 unspecified atom stereocenters. The lowest BCUT2D eigenvalue weighted by atomic mass is 9.94. The first kappa shape index (κ1) is 14.2. The zero-order chi connectivity index (χ0) is 13.9. The number of carbonyl (C=O) groups is 2. The quantitative estimate of drug-likeness (QED) is 0.468. The number of Topliss-reactive ketones (excluding diaryl/α,β-unsaturated/α-hetero) is 1. The summed E-state index contributed by atoms with van der Waals surface area (Å²) in [7, 11) is 2.78. The third kappa shape index (κ3) is 2.70. The number of hydrogen-bond donors (Lipinski definition) is 0. The maximum atomic E-state index is 11.9. The molecule has 18 heavy (non-hydrogen) atoms. The van der Waals surface area contributed by atoms with Crippen molar-refractivity contribution in [2.75, 3.05) is 14.2 Å². The SMILES string of the molecule is COC(=O)C(=O)c1cc(C(C)C)c(OC)cc1C. The molecule has 0 saturated heterocycles. The van der Waals surface area contributed by atoms with Gasteiger partial charge in [0.15, 0.2) is 0 Å². The predicted octanol–water partition coefficient (Wildman–Crippen LogP) is 2.48. The number of esters is 1. The fourth-order valence-electron chi connectivity index (χ4n) is 1.77. The molecule has 0 heterocycles. The summed E-state index contributed by atoms with van der Waals surface area (Å²) in [6.07, 6.45) is 0. The Bertz CT molecular complexity index is 475. The van der Waals surface area contributed by atoms with Gasteiger partial charge < -0.3 is 9.47 Å². The summed E-state index contributed by atoms with van der Waals surface area (Å²) in [4.78, 5) is 23.2. The Morgan fingerprint density at radius 3 is 2.22 bits per heavy atom. The van der Waals surface area contributed by atoms with E-state index in [1.807, 2.05) is 13.8 Å². The highest BCUT2D eigenvalue weighted by Gasteiger charge is 2.21. The van der Waals surface area contributed by atoms with Gasteiger partial charge in [0.1, 0.15) is 5.75 Å². The zero-order valence-electron chi connectivity index (χ0n) is 11.4. The van der Waals surface area contributed by atoms with Gasteiger partial charge in [0.25, 0.3) is 5.78 Å². The van der Waals surface area contributed by atoms with E-state index in [4.69, 9.17) is 4.74 Å². The van der Waals surface area contributed by atoms with E-state index in [2.05, 4.69) is 4.74 Å². The van der Waals surface area contributed by atoms with Crippen LogP contribution in [0.2, 0.25) is 0 Å². The van der Waals surface area contributed by atoms with Gasteiger partial charge in [0.05, 0.1) is 14.2 Å². The molecule has 0 aliphatic carbocycles. The fourth-order valence-corrected chi connectivity index (χ4v) is 1.77. The number of carbonyl (C=O) groups excluding carboxylic acids is 2. The lowest BCUT2D eigenvalue weighted by Crippen LogP contribution is -2.17. The van der Waals surface area contributed by atoms with Crippen LogP contribution in [0, 0.1) is 6.92 Å². The molecule has 0 aliphatic heterocycles. The van der Waals surface area contributed by atoms with Gasteiger partial charge in [-0.15, -0.1) is 0 Å². The van der Waals surface area contributed by atoms with Crippen molar-refractivity contribution in [3.63, 3.8) is 0 Å². The predicted molar refractivity (Wildman–Crippen MR) is 68.2 cm³/mol. The molecular weight excluding hydrogens is 232 g/mol. The summed E-state index contributed by atoms with van der Waals surface area (Å²) in [6, 6.07) is 3.48.